The summed E-state index contributed by atoms with van der Waals surface area (Å²) in [5.41, 5.74) is 5.35. The van der Waals surface area contributed by atoms with Gasteiger partial charge in [0.15, 0.2) is 11.2 Å². The highest BCUT2D eigenvalue weighted by atomic mass is 79.9. The molecule has 3 aromatic heterocycles. The van der Waals surface area contributed by atoms with Crippen molar-refractivity contribution in [3.05, 3.63) is 97.9 Å². The fourth-order valence-corrected chi connectivity index (χ4v) is 4.66. The van der Waals surface area contributed by atoms with Crippen LogP contribution in [0.4, 0.5) is 5.69 Å². The van der Waals surface area contributed by atoms with Crippen LogP contribution in [0.5, 0.6) is 0 Å². The van der Waals surface area contributed by atoms with Crippen LogP contribution in [0.3, 0.4) is 0 Å². The number of oxazole rings is 1. The van der Waals surface area contributed by atoms with Crippen molar-refractivity contribution in [3.63, 3.8) is 0 Å². The Morgan fingerprint density at radius 1 is 1.06 bits per heavy atom. The molecule has 35 heavy (non-hydrogen) atoms. The minimum Gasteiger partial charge on any atom is -0.436 e. The largest absolute Gasteiger partial charge is 0.436 e. The Bertz CT molecular complexity index is 1950. The molecule has 7 nitrogen and oxygen atoms in total. The van der Waals surface area contributed by atoms with Gasteiger partial charge in [0.2, 0.25) is 5.89 Å². The summed E-state index contributed by atoms with van der Waals surface area (Å²) < 4.78 is 8.32. The zero-order chi connectivity index (χ0) is 24.1. The first kappa shape index (κ1) is 21.1. The molecule has 0 aliphatic rings. The topological polar surface area (TPSA) is 96.2 Å². The number of aromatic nitrogens is 3. The number of hydrogen-bond donors (Lipinski definition) is 1. The Labute approximate surface area is 207 Å². The number of imidazole rings is 1. The van der Waals surface area contributed by atoms with Crippen molar-refractivity contribution in [1.29, 1.82) is 5.26 Å². The molecule has 6 rings (SSSR count). The van der Waals surface area contributed by atoms with Gasteiger partial charge in [0.25, 0.3) is 5.56 Å². The van der Waals surface area contributed by atoms with Crippen LogP contribution >= 0.6 is 15.9 Å². The quantitative estimate of drug-likeness (QED) is 0.345. The van der Waals surface area contributed by atoms with Crippen LogP contribution in [0.25, 0.3) is 45.4 Å². The Kier molecular flexibility index (Phi) is 4.87. The molecule has 3 aromatic carbocycles. The van der Waals surface area contributed by atoms with E-state index < -0.39 is 0 Å². The molecule has 0 atom stereocenters. The van der Waals surface area contributed by atoms with Crippen LogP contribution in [0.2, 0.25) is 0 Å². The van der Waals surface area contributed by atoms with E-state index in [1.54, 1.807) is 13.1 Å². The van der Waals surface area contributed by atoms with E-state index in [4.69, 9.17) is 4.42 Å². The third kappa shape index (κ3) is 3.36. The molecule has 0 amide bonds. The molecule has 3 heterocycles. The highest BCUT2D eigenvalue weighted by molar-refractivity contribution is 9.10. The first-order valence-corrected chi connectivity index (χ1v) is 11.6. The Balaban J connectivity index is 1.46. The summed E-state index contributed by atoms with van der Waals surface area (Å²) in [5, 5.41) is 13.4. The summed E-state index contributed by atoms with van der Waals surface area (Å²) in [4.78, 5) is 22.6. The highest BCUT2D eigenvalue weighted by Gasteiger charge is 2.16. The fraction of sp³-hybridized carbons (Fsp3) is 0.0370. The van der Waals surface area contributed by atoms with E-state index in [0.29, 0.717) is 50.0 Å². The maximum absolute atomic E-state index is 13.4. The van der Waals surface area contributed by atoms with Crippen LogP contribution in [0.15, 0.2) is 80.4 Å². The molecule has 0 unspecified atom stereocenters. The molecule has 6 aromatic rings. The van der Waals surface area contributed by atoms with E-state index in [0.717, 1.165) is 15.7 Å². The normalized spacial score (nSPS) is 12.0. The van der Waals surface area contributed by atoms with Crippen molar-refractivity contribution in [2.24, 2.45) is 0 Å². The number of halogens is 1. The van der Waals surface area contributed by atoms with Crippen LogP contribution in [0, 0.1) is 18.3 Å². The number of benzene rings is 3. The average molecular weight is 522 g/mol. The minimum absolute atomic E-state index is 0.239. The third-order valence-electron chi connectivity index (χ3n) is 5.98. The SMILES string of the molecule is Cc1c(C#N)c2nc3ccccc3n2c(=O)/c1=C\Nc1ccc2oc(-c3ccccc3Br)nc2c1. The van der Waals surface area contributed by atoms with Gasteiger partial charge < -0.3 is 9.73 Å². The molecular formula is C27H16BrN5O2. The van der Waals surface area contributed by atoms with E-state index in [1.165, 1.54) is 4.40 Å². The van der Waals surface area contributed by atoms with Crippen LogP contribution in [0.1, 0.15) is 11.1 Å². The van der Waals surface area contributed by atoms with Crippen LogP contribution in [-0.2, 0) is 0 Å². The lowest BCUT2D eigenvalue weighted by molar-refractivity contribution is 0.619. The monoisotopic (exact) mass is 521 g/mol. The van der Waals surface area contributed by atoms with Gasteiger partial charge in [-0.2, -0.15) is 5.26 Å². The average Bonchev–Trinajstić information content (AvgIpc) is 3.46. The lowest BCUT2D eigenvalue weighted by Crippen LogP contribution is -2.34. The van der Waals surface area contributed by atoms with Gasteiger partial charge in [-0.05, 0) is 70.9 Å². The number of rotatable bonds is 3. The van der Waals surface area contributed by atoms with Gasteiger partial charge in [0.05, 0.1) is 27.4 Å². The summed E-state index contributed by atoms with van der Waals surface area (Å²) in [5.74, 6) is 0.516. The predicted octanol–water partition coefficient (Wildman–Crippen LogP) is 5.17. The van der Waals surface area contributed by atoms with Crippen molar-refractivity contribution < 1.29 is 4.42 Å². The Hall–Kier alpha value is -4.48. The fourth-order valence-electron chi connectivity index (χ4n) is 4.21. The lowest BCUT2D eigenvalue weighted by Gasteiger charge is -2.04. The van der Waals surface area contributed by atoms with Gasteiger partial charge in [0, 0.05) is 16.4 Å². The summed E-state index contributed by atoms with van der Waals surface area (Å²) >= 11 is 3.53. The van der Waals surface area contributed by atoms with E-state index in [9.17, 15) is 10.1 Å². The van der Waals surface area contributed by atoms with Gasteiger partial charge in [-0.3, -0.25) is 9.20 Å². The van der Waals surface area contributed by atoms with Crippen molar-refractivity contribution >= 4 is 55.6 Å². The van der Waals surface area contributed by atoms with E-state index in [2.05, 4.69) is 37.3 Å². The molecule has 0 bridgehead atoms. The third-order valence-corrected chi connectivity index (χ3v) is 6.68. The number of nitrogens with one attached hydrogen (secondary N) is 1. The zero-order valence-electron chi connectivity index (χ0n) is 18.4. The highest BCUT2D eigenvalue weighted by Crippen LogP contribution is 2.31. The van der Waals surface area contributed by atoms with Crippen molar-refractivity contribution in [1.82, 2.24) is 14.4 Å². The number of nitriles is 1. The maximum atomic E-state index is 13.4. The number of nitrogens with zero attached hydrogens (tertiary/aromatic N) is 4. The number of hydrogen-bond acceptors (Lipinski definition) is 6. The van der Waals surface area contributed by atoms with Gasteiger partial charge in [-0.25, -0.2) is 9.97 Å². The molecule has 1 N–H and O–H groups in total. The van der Waals surface area contributed by atoms with Crippen molar-refractivity contribution in [2.45, 2.75) is 6.92 Å². The van der Waals surface area contributed by atoms with E-state index in [-0.39, 0.29) is 5.56 Å². The second kappa shape index (κ2) is 8.08. The molecule has 0 saturated heterocycles. The summed E-state index contributed by atoms with van der Waals surface area (Å²) in [7, 11) is 0. The minimum atomic E-state index is -0.239. The molecular weight excluding hydrogens is 506 g/mol. The standard InChI is InChI=1S/C27H16BrN5O2/c1-15-18(13-29)25-31-21-8-4-5-9-23(21)33(25)27(34)19(15)14-30-16-10-11-24-22(12-16)32-26(35-24)17-6-2-3-7-20(17)28/h2-12,14,30H,1H3/b19-14-. The Morgan fingerprint density at radius 2 is 1.86 bits per heavy atom. The molecule has 8 heteroatoms. The number of anilines is 1. The molecule has 0 spiro atoms. The zero-order valence-corrected chi connectivity index (χ0v) is 20.0. The second-order valence-corrected chi connectivity index (χ2v) is 8.91. The molecule has 0 aliphatic heterocycles. The second-order valence-electron chi connectivity index (χ2n) is 8.06. The number of para-hydroxylation sites is 2. The van der Waals surface area contributed by atoms with E-state index >= 15 is 0 Å². The first-order chi connectivity index (χ1) is 17.0. The molecule has 0 radical (unpaired) electrons. The summed E-state index contributed by atoms with van der Waals surface area (Å²) in [6.07, 6.45) is 1.63. The molecule has 168 valence electrons. The van der Waals surface area contributed by atoms with Crippen molar-refractivity contribution in [2.75, 3.05) is 5.32 Å². The lowest BCUT2D eigenvalue weighted by atomic mass is 10.1. The molecule has 0 aliphatic carbocycles. The number of fused-ring (bicyclic) bond motifs is 4. The van der Waals surface area contributed by atoms with Gasteiger partial charge in [0.1, 0.15) is 11.6 Å². The molecule has 0 fully saturated rings. The predicted molar refractivity (Wildman–Crippen MR) is 139 cm³/mol. The molecule has 0 saturated carbocycles. The summed E-state index contributed by atoms with van der Waals surface area (Å²) in [6.45, 7) is 1.76. The van der Waals surface area contributed by atoms with Gasteiger partial charge in [-0.1, -0.05) is 24.3 Å². The smallest absolute Gasteiger partial charge is 0.265 e. The van der Waals surface area contributed by atoms with E-state index in [1.807, 2.05) is 66.7 Å². The van der Waals surface area contributed by atoms with Gasteiger partial charge in [-0.15, -0.1) is 0 Å². The Morgan fingerprint density at radius 3 is 2.69 bits per heavy atom. The van der Waals surface area contributed by atoms with Crippen LogP contribution < -0.4 is 16.1 Å². The van der Waals surface area contributed by atoms with Crippen molar-refractivity contribution in [3.8, 4) is 17.5 Å². The maximum Gasteiger partial charge on any atom is 0.265 e. The number of pyridine rings is 1. The van der Waals surface area contributed by atoms with Gasteiger partial charge >= 0.3 is 0 Å². The van der Waals surface area contributed by atoms with Crippen LogP contribution in [-0.4, -0.2) is 14.4 Å². The first-order valence-electron chi connectivity index (χ1n) is 10.8. The summed E-state index contributed by atoms with van der Waals surface area (Å²) in [6, 6.07) is 22.8.